The van der Waals surface area contributed by atoms with Crippen LogP contribution >= 0.6 is 0 Å². The minimum Gasteiger partial charge on any atom is -0.396 e. The summed E-state index contributed by atoms with van der Waals surface area (Å²) in [7, 11) is -3.12. The maximum atomic E-state index is 12.2. The Kier molecular flexibility index (Phi) is 4.33. The van der Waals surface area contributed by atoms with E-state index in [1.807, 2.05) is 12.1 Å². The van der Waals surface area contributed by atoms with Crippen molar-refractivity contribution in [1.29, 1.82) is 0 Å². The number of hydrogen-bond acceptors (Lipinski definition) is 4. The second-order valence-electron chi connectivity index (χ2n) is 6.20. The molecule has 1 fully saturated rings. The molecule has 0 aromatic heterocycles. The number of rotatable bonds is 3. The van der Waals surface area contributed by atoms with Crippen molar-refractivity contribution in [2.45, 2.75) is 49.1 Å². The van der Waals surface area contributed by atoms with Crippen LogP contribution < -0.4 is 5.32 Å². The summed E-state index contributed by atoms with van der Waals surface area (Å²) in [5.41, 5.74) is 0.894. The van der Waals surface area contributed by atoms with Gasteiger partial charge in [0.2, 0.25) is 0 Å². The Balaban J connectivity index is 1.83. The molecular weight excluding hydrogens is 286 g/mol. The van der Waals surface area contributed by atoms with Gasteiger partial charge in [0.25, 0.3) is 0 Å². The average molecular weight is 309 g/mol. The van der Waals surface area contributed by atoms with Gasteiger partial charge in [0.05, 0.1) is 10.6 Å². The zero-order valence-electron chi connectivity index (χ0n) is 12.2. The molecule has 0 spiro atoms. The highest BCUT2D eigenvalue weighted by atomic mass is 32.2. The number of aliphatic hydroxyl groups is 1. The Labute approximate surface area is 126 Å². The third-order valence-corrected chi connectivity index (χ3v) is 6.68. The van der Waals surface area contributed by atoms with E-state index in [4.69, 9.17) is 0 Å². The van der Waals surface area contributed by atoms with Gasteiger partial charge in [0, 0.05) is 18.7 Å². The fraction of sp³-hybridized carbons (Fsp3) is 0.625. The number of sulfone groups is 1. The van der Waals surface area contributed by atoms with Gasteiger partial charge in [0.15, 0.2) is 9.84 Å². The second-order valence-corrected chi connectivity index (χ2v) is 8.28. The van der Waals surface area contributed by atoms with Crippen molar-refractivity contribution in [3.8, 4) is 0 Å². The molecule has 1 aromatic carbocycles. The van der Waals surface area contributed by atoms with Gasteiger partial charge in [-0.15, -0.1) is 0 Å². The molecule has 1 aromatic rings. The molecule has 3 unspecified atom stereocenters. The van der Waals surface area contributed by atoms with Crippen molar-refractivity contribution in [3.05, 3.63) is 29.8 Å². The van der Waals surface area contributed by atoms with Crippen LogP contribution in [0.5, 0.6) is 0 Å². The molecule has 0 saturated heterocycles. The molecule has 5 heteroatoms. The van der Waals surface area contributed by atoms with E-state index < -0.39 is 9.84 Å². The summed E-state index contributed by atoms with van der Waals surface area (Å²) in [5, 5.41) is 13.2. The molecule has 1 saturated carbocycles. The fourth-order valence-corrected chi connectivity index (χ4v) is 5.29. The Morgan fingerprint density at radius 1 is 1.14 bits per heavy atom. The number of fused-ring (bicyclic) bond motifs is 1. The number of hydrogen-bond donors (Lipinski definition) is 2. The van der Waals surface area contributed by atoms with Crippen LogP contribution in [0.1, 0.15) is 43.7 Å². The van der Waals surface area contributed by atoms with Gasteiger partial charge >= 0.3 is 0 Å². The lowest BCUT2D eigenvalue weighted by Gasteiger charge is -2.36. The molecule has 21 heavy (non-hydrogen) atoms. The lowest BCUT2D eigenvalue weighted by atomic mass is 9.84. The molecule has 116 valence electrons. The molecule has 0 radical (unpaired) electrons. The van der Waals surface area contributed by atoms with Gasteiger partial charge in [-0.3, -0.25) is 0 Å². The van der Waals surface area contributed by atoms with Crippen molar-refractivity contribution in [2.75, 3.05) is 12.4 Å². The number of benzene rings is 1. The minimum atomic E-state index is -3.12. The van der Waals surface area contributed by atoms with E-state index >= 15 is 0 Å². The van der Waals surface area contributed by atoms with Crippen LogP contribution in [-0.4, -0.2) is 31.9 Å². The van der Waals surface area contributed by atoms with E-state index in [9.17, 15) is 13.5 Å². The highest BCUT2D eigenvalue weighted by Gasteiger charge is 2.33. The van der Waals surface area contributed by atoms with Crippen molar-refractivity contribution in [3.63, 3.8) is 0 Å². The number of nitrogens with one attached hydrogen (secondary N) is 1. The summed E-state index contributed by atoms with van der Waals surface area (Å²) in [6, 6.07) is 7.70. The van der Waals surface area contributed by atoms with Gasteiger partial charge in [-0.1, -0.05) is 31.0 Å². The number of aliphatic hydroxyl groups excluding tert-OH is 1. The lowest BCUT2D eigenvalue weighted by molar-refractivity contribution is 0.144. The molecule has 2 N–H and O–H groups in total. The summed E-state index contributed by atoms with van der Waals surface area (Å²) >= 11 is 0. The Bertz CT molecular complexity index is 599. The first-order chi connectivity index (χ1) is 10.1. The van der Waals surface area contributed by atoms with E-state index in [1.54, 1.807) is 12.1 Å². The van der Waals surface area contributed by atoms with Crippen LogP contribution in [0.2, 0.25) is 0 Å². The average Bonchev–Trinajstić information content (AvgIpc) is 2.51. The Morgan fingerprint density at radius 3 is 2.71 bits per heavy atom. The minimum absolute atomic E-state index is 0.0851. The predicted octanol–water partition coefficient (Wildman–Crippen LogP) is 2.05. The van der Waals surface area contributed by atoms with E-state index in [0.29, 0.717) is 23.3 Å². The second kappa shape index (κ2) is 6.07. The van der Waals surface area contributed by atoms with Crippen molar-refractivity contribution in [2.24, 2.45) is 5.92 Å². The Hall–Kier alpha value is -0.910. The monoisotopic (exact) mass is 309 g/mol. The summed E-state index contributed by atoms with van der Waals surface area (Å²) in [6.45, 7) is 0.213. The van der Waals surface area contributed by atoms with E-state index in [2.05, 4.69) is 5.32 Å². The van der Waals surface area contributed by atoms with Crippen molar-refractivity contribution in [1.82, 2.24) is 5.32 Å². The molecule has 3 rings (SSSR count). The predicted molar refractivity (Wildman–Crippen MR) is 81.8 cm³/mol. The third kappa shape index (κ3) is 3.00. The highest BCUT2D eigenvalue weighted by molar-refractivity contribution is 7.91. The summed E-state index contributed by atoms with van der Waals surface area (Å²) in [6.07, 6.45) is 5.10. The first-order valence-corrected chi connectivity index (χ1v) is 9.45. The van der Waals surface area contributed by atoms with E-state index in [0.717, 1.165) is 18.4 Å². The Morgan fingerprint density at radius 2 is 1.90 bits per heavy atom. The fourth-order valence-electron chi connectivity index (χ4n) is 3.67. The SMILES string of the molecule is O=S1(=O)CCC(NC2CCCCC2CO)c2ccccc21. The molecule has 3 atom stereocenters. The molecular formula is C16H23NO3S. The van der Waals surface area contributed by atoms with Crippen LogP contribution in [0.25, 0.3) is 0 Å². The van der Waals surface area contributed by atoms with Crippen molar-refractivity contribution >= 4 is 9.84 Å². The maximum absolute atomic E-state index is 12.2. The molecule has 0 bridgehead atoms. The summed E-state index contributed by atoms with van der Waals surface area (Å²) in [4.78, 5) is 0.477. The van der Waals surface area contributed by atoms with Gasteiger partial charge in [-0.05, 0) is 36.8 Å². The van der Waals surface area contributed by atoms with Crippen LogP contribution in [-0.2, 0) is 9.84 Å². The molecule has 1 aliphatic carbocycles. The van der Waals surface area contributed by atoms with Crippen LogP contribution in [0.3, 0.4) is 0 Å². The normalized spacial score (nSPS) is 31.6. The molecule has 1 aliphatic heterocycles. The van der Waals surface area contributed by atoms with Gasteiger partial charge in [-0.25, -0.2) is 8.42 Å². The zero-order chi connectivity index (χ0) is 14.9. The standard InChI is InChI=1S/C16H23NO3S/c18-11-12-5-1-3-7-14(12)17-15-9-10-21(19,20)16-8-4-2-6-13(15)16/h2,4,6,8,12,14-15,17-18H,1,3,5,7,9-11H2. The third-order valence-electron chi connectivity index (χ3n) is 4.86. The van der Waals surface area contributed by atoms with Crippen LogP contribution in [0, 0.1) is 5.92 Å². The van der Waals surface area contributed by atoms with Gasteiger partial charge in [0.1, 0.15) is 0 Å². The summed E-state index contributed by atoms with van der Waals surface area (Å²) in [5.74, 6) is 0.502. The maximum Gasteiger partial charge on any atom is 0.178 e. The molecule has 0 amide bonds. The molecule has 1 heterocycles. The quantitative estimate of drug-likeness (QED) is 0.897. The molecule has 2 aliphatic rings. The highest BCUT2D eigenvalue weighted by Crippen LogP contribution is 2.34. The lowest BCUT2D eigenvalue weighted by Crippen LogP contribution is -2.43. The first-order valence-electron chi connectivity index (χ1n) is 7.80. The topological polar surface area (TPSA) is 66.4 Å². The van der Waals surface area contributed by atoms with Gasteiger partial charge < -0.3 is 10.4 Å². The zero-order valence-corrected chi connectivity index (χ0v) is 13.0. The molecule has 4 nitrogen and oxygen atoms in total. The first kappa shape index (κ1) is 15.0. The largest absolute Gasteiger partial charge is 0.396 e. The van der Waals surface area contributed by atoms with E-state index in [1.165, 1.54) is 12.8 Å². The van der Waals surface area contributed by atoms with Crippen LogP contribution in [0.4, 0.5) is 0 Å². The van der Waals surface area contributed by atoms with Gasteiger partial charge in [-0.2, -0.15) is 0 Å². The van der Waals surface area contributed by atoms with E-state index in [-0.39, 0.29) is 18.4 Å². The van der Waals surface area contributed by atoms with Crippen LogP contribution in [0.15, 0.2) is 29.2 Å². The smallest absolute Gasteiger partial charge is 0.178 e. The van der Waals surface area contributed by atoms with Crippen molar-refractivity contribution < 1.29 is 13.5 Å². The summed E-state index contributed by atoms with van der Waals surface area (Å²) < 4.78 is 24.3.